The van der Waals surface area contributed by atoms with Crippen molar-refractivity contribution in [2.75, 3.05) is 0 Å². The molecule has 52 valence electrons. The third-order valence-electron chi connectivity index (χ3n) is 1.00. The van der Waals surface area contributed by atoms with Gasteiger partial charge in [0.1, 0.15) is 6.04 Å². The van der Waals surface area contributed by atoms with Gasteiger partial charge in [0.25, 0.3) is 0 Å². The molecular formula is C5H13CaNO2. The summed E-state index contributed by atoms with van der Waals surface area (Å²) < 4.78 is 0. The van der Waals surface area contributed by atoms with Crippen LogP contribution in [0.4, 0.5) is 0 Å². The van der Waals surface area contributed by atoms with Crippen molar-refractivity contribution >= 4 is 43.7 Å². The molecule has 3 nitrogen and oxygen atoms in total. The molecule has 9 heavy (non-hydrogen) atoms. The van der Waals surface area contributed by atoms with E-state index >= 15 is 0 Å². The zero-order valence-electron chi connectivity index (χ0n) is 7.79. The van der Waals surface area contributed by atoms with Crippen molar-refractivity contribution in [2.24, 2.45) is 11.7 Å². The number of aliphatic carboxylic acids is 1. The van der Waals surface area contributed by atoms with Gasteiger partial charge in [-0.15, -0.1) is 0 Å². The van der Waals surface area contributed by atoms with Crippen molar-refractivity contribution in [1.82, 2.24) is 0 Å². The van der Waals surface area contributed by atoms with E-state index in [1.807, 2.05) is 0 Å². The first-order chi connectivity index (χ1) is 3.55. The Morgan fingerprint density at radius 3 is 2.00 bits per heavy atom. The standard InChI is InChI=1S/C5H11NO2.Ca.2H/c1-3(2)4(6)5(7)8;;;/h3-4H,6H2,1-2H3,(H,7,8);;;/q;+2;2*-1/t4-;;;/m0.../s1. The fraction of sp³-hybridized carbons (Fsp3) is 0.800. The second-order valence-electron chi connectivity index (χ2n) is 2.11. The second-order valence-corrected chi connectivity index (χ2v) is 2.11. The van der Waals surface area contributed by atoms with Crippen LogP contribution in [-0.4, -0.2) is 54.9 Å². The van der Waals surface area contributed by atoms with Crippen LogP contribution in [0.5, 0.6) is 0 Å². The van der Waals surface area contributed by atoms with Gasteiger partial charge in [0.05, 0.1) is 0 Å². The van der Waals surface area contributed by atoms with Crippen molar-refractivity contribution in [3.05, 3.63) is 0 Å². The molecule has 0 aromatic heterocycles. The largest absolute Gasteiger partial charge is 2.00 e. The number of hydrogen-bond acceptors (Lipinski definition) is 2. The van der Waals surface area contributed by atoms with E-state index in [1.165, 1.54) is 0 Å². The van der Waals surface area contributed by atoms with Gasteiger partial charge in [0.15, 0.2) is 0 Å². The summed E-state index contributed by atoms with van der Waals surface area (Å²) in [5, 5.41) is 8.23. The normalized spacial score (nSPS) is 12.4. The molecule has 0 unspecified atom stereocenters. The molecule has 0 fully saturated rings. The number of nitrogens with two attached hydrogens (primary N) is 1. The SMILES string of the molecule is CC(C)[C@H](N)C(=O)O.[Ca+2].[H-].[H-]. The molecule has 0 amide bonds. The van der Waals surface area contributed by atoms with Crippen LogP contribution in [0.3, 0.4) is 0 Å². The Labute approximate surface area is 87.6 Å². The van der Waals surface area contributed by atoms with Gasteiger partial charge in [0.2, 0.25) is 0 Å². The van der Waals surface area contributed by atoms with Crippen LogP contribution in [0.25, 0.3) is 0 Å². The number of carbonyl (C=O) groups is 1. The van der Waals surface area contributed by atoms with E-state index in [1.54, 1.807) is 13.8 Å². The first-order valence-electron chi connectivity index (χ1n) is 2.54. The van der Waals surface area contributed by atoms with Crippen LogP contribution in [-0.2, 0) is 4.79 Å². The predicted molar refractivity (Wildman–Crippen MR) is 38.4 cm³/mol. The Balaban J connectivity index is -0.0000000817. The summed E-state index contributed by atoms with van der Waals surface area (Å²) in [5.74, 6) is -0.910. The third kappa shape index (κ3) is 5.15. The monoisotopic (exact) mass is 159 g/mol. The maximum absolute atomic E-state index is 10.0. The second kappa shape index (κ2) is 5.47. The Hall–Kier alpha value is 0.690. The van der Waals surface area contributed by atoms with Crippen LogP contribution in [0.1, 0.15) is 16.7 Å². The van der Waals surface area contributed by atoms with Crippen molar-refractivity contribution < 1.29 is 12.8 Å². The van der Waals surface area contributed by atoms with Crippen molar-refractivity contribution in [3.8, 4) is 0 Å². The predicted octanol–water partition coefficient (Wildman–Crippen LogP) is -0.102. The van der Waals surface area contributed by atoms with E-state index in [9.17, 15) is 4.79 Å². The van der Waals surface area contributed by atoms with Crippen molar-refractivity contribution in [3.63, 3.8) is 0 Å². The minimum absolute atomic E-state index is 0. The molecule has 0 saturated carbocycles. The fourth-order valence-corrected chi connectivity index (χ4v) is 0.285. The summed E-state index contributed by atoms with van der Waals surface area (Å²) in [4.78, 5) is 10.0. The number of carboxylic acids is 1. The first-order valence-corrected chi connectivity index (χ1v) is 2.54. The van der Waals surface area contributed by atoms with E-state index in [4.69, 9.17) is 10.8 Å². The van der Waals surface area contributed by atoms with Gasteiger partial charge < -0.3 is 13.7 Å². The van der Waals surface area contributed by atoms with Gasteiger partial charge in [-0.25, -0.2) is 0 Å². The molecule has 0 aliphatic carbocycles. The smallest absolute Gasteiger partial charge is 1.00 e. The van der Waals surface area contributed by atoms with Gasteiger partial charge in [-0.1, -0.05) is 13.8 Å². The van der Waals surface area contributed by atoms with Crippen molar-refractivity contribution in [1.29, 1.82) is 0 Å². The molecular weight excluding hydrogens is 146 g/mol. The molecule has 0 aromatic carbocycles. The molecule has 0 bridgehead atoms. The Kier molecular flexibility index (Phi) is 7.52. The zero-order valence-corrected chi connectivity index (χ0v) is 8.00. The molecule has 0 radical (unpaired) electrons. The molecule has 0 aliphatic heterocycles. The molecule has 0 saturated heterocycles. The van der Waals surface area contributed by atoms with Crippen LogP contribution >= 0.6 is 0 Å². The molecule has 0 aliphatic rings. The minimum atomic E-state index is -0.931. The van der Waals surface area contributed by atoms with Gasteiger partial charge in [0, 0.05) is 0 Å². The zero-order chi connectivity index (χ0) is 6.73. The van der Waals surface area contributed by atoms with E-state index in [0.29, 0.717) is 0 Å². The average Bonchev–Trinajstić information content (AvgIpc) is 1.64. The maximum Gasteiger partial charge on any atom is 2.00 e. The molecule has 0 rings (SSSR count). The molecule has 0 spiro atoms. The summed E-state index contributed by atoms with van der Waals surface area (Å²) in [5.41, 5.74) is 5.16. The quantitative estimate of drug-likeness (QED) is 0.553. The Morgan fingerprint density at radius 1 is 1.67 bits per heavy atom. The van der Waals surface area contributed by atoms with E-state index in [-0.39, 0.29) is 46.5 Å². The average molecular weight is 159 g/mol. The topological polar surface area (TPSA) is 63.3 Å². The van der Waals surface area contributed by atoms with Crippen LogP contribution in [0, 0.1) is 5.92 Å². The number of carboxylic acid groups (broad SMARTS) is 1. The maximum atomic E-state index is 10.0. The molecule has 0 aromatic rings. The molecule has 0 heterocycles. The number of rotatable bonds is 2. The van der Waals surface area contributed by atoms with Gasteiger partial charge in [-0.05, 0) is 5.92 Å². The number of hydrogen-bond donors (Lipinski definition) is 2. The van der Waals surface area contributed by atoms with Crippen LogP contribution < -0.4 is 5.73 Å². The summed E-state index contributed by atoms with van der Waals surface area (Å²) in [6.45, 7) is 3.55. The Bertz CT molecular complexity index is 102. The Morgan fingerprint density at radius 2 is 2.00 bits per heavy atom. The van der Waals surface area contributed by atoms with Crippen molar-refractivity contribution in [2.45, 2.75) is 19.9 Å². The summed E-state index contributed by atoms with van der Waals surface area (Å²) in [6.07, 6.45) is 0. The summed E-state index contributed by atoms with van der Waals surface area (Å²) in [6, 6.07) is -0.713. The van der Waals surface area contributed by atoms with Gasteiger partial charge in [-0.2, -0.15) is 0 Å². The molecule has 3 N–H and O–H groups in total. The van der Waals surface area contributed by atoms with E-state index in [2.05, 4.69) is 0 Å². The van der Waals surface area contributed by atoms with Gasteiger partial charge in [-0.3, -0.25) is 4.79 Å². The van der Waals surface area contributed by atoms with Gasteiger partial charge >= 0.3 is 43.7 Å². The van der Waals surface area contributed by atoms with Crippen LogP contribution in [0.2, 0.25) is 0 Å². The molecule has 1 atom stereocenters. The minimum Gasteiger partial charge on any atom is -1.00 e. The first kappa shape index (κ1) is 12.4. The van der Waals surface area contributed by atoms with Crippen LogP contribution in [0.15, 0.2) is 0 Å². The van der Waals surface area contributed by atoms with E-state index < -0.39 is 12.0 Å². The third-order valence-corrected chi connectivity index (χ3v) is 1.00. The summed E-state index contributed by atoms with van der Waals surface area (Å²) >= 11 is 0. The van der Waals surface area contributed by atoms with E-state index in [0.717, 1.165) is 0 Å². The fourth-order valence-electron chi connectivity index (χ4n) is 0.285. The summed E-state index contributed by atoms with van der Waals surface area (Å²) in [7, 11) is 0. The molecule has 4 heteroatoms.